The SMILES string of the molecule is CN1C(=O)c2cc(-n3oc4ccccc4c3=O)ccc2OC[C@@H]2O[C@H](CC(=O)NC3Cc4ccccc4C3)CC[C@@H]21. The molecule has 3 aromatic carbocycles. The van der Waals surface area contributed by atoms with Crippen LogP contribution in [0.4, 0.5) is 0 Å². The Kier molecular flexibility index (Phi) is 6.38. The van der Waals surface area contributed by atoms with E-state index in [0.717, 1.165) is 12.8 Å². The first-order chi connectivity index (χ1) is 19.9. The summed E-state index contributed by atoms with van der Waals surface area (Å²) in [7, 11) is 1.77. The number of ether oxygens (including phenoxy) is 2. The summed E-state index contributed by atoms with van der Waals surface area (Å²) < 4.78 is 19.4. The van der Waals surface area contributed by atoms with E-state index in [1.54, 1.807) is 54.4 Å². The number of aromatic nitrogens is 1. The first kappa shape index (κ1) is 25.6. The van der Waals surface area contributed by atoms with E-state index in [1.807, 2.05) is 12.1 Å². The van der Waals surface area contributed by atoms with Crippen molar-refractivity contribution in [2.24, 2.45) is 0 Å². The number of likely N-dealkylation sites (N-methyl/N-ethyl adjacent to an activating group) is 1. The van der Waals surface area contributed by atoms with Gasteiger partial charge in [-0.1, -0.05) is 36.4 Å². The maximum Gasteiger partial charge on any atom is 0.295 e. The van der Waals surface area contributed by atoms with Gasteiger partial charge < -0.3 is 24.2 Å². The van der Waals surface area contributed by atoms with Crippen molar-refractivity contribution >= 4 is 22.8 Å². The first-order valence-electron chi connectivity index (χ1n) is 14.1. The van der Waals surface area contributed by atoms with Gasteiger partial charge >= 0.3 is 0 Å². The van der Waals surface area contributed by atoms with Crippen molar-refractivity contribution in [3.8, 4) is 11.4 Å². The summed E-state index contributed by atoms with van der Waals surface area (Å²) in [6, 6.07) is 20.3. The molecule has 9 heteroatoms. The molecule has 1 N–H and O–H groups in total. The third-order valence-corrected chi connectivity index (χ3v) is 8.55. The van der Waals surface area contributed by atoms with Crippen LogP contribution in [-0.2, 0) is 22.4 Å². The van der Waals surface area contributed by atoms with Crippen LogP contribution in [0.25, 0.3) is 16.7 Å². The summed E-state index contributed by atoms with van der Waals surface area (Å²) in [4.78, 5) is 41.1. The molecule has 1 aromatic heterocycles. The predicted octanol–water partition coefficient (Wildman–Crippen LogP) is 3.64. The Morgan fingerprint density at radius 2 is 1.73 bits per heavy atom. The van der Waals surface area contributed by atoms with Crippen LogP contribution in [-0.4, -0.2) is 59.4 Å². The zero-order valence-electron chi connectivity index (χ0n) is 22.7. The molecule has 1 fully saturated rings. The van der Waals surface area contributed by atoms with Gasteiger partial charge in [0, 0.05) is 13.1 Å². The summed E-state index contributed by atoms with van der Waals surface area (Å²) >= 11 is 0. The molecule has 1 aliphatic carbocycles. The topological polar surface area (TPSA) is 103 Å². The van der Waals surface area contributed by atoms with E-state index in [-0.39, 0.29) is 54.7 Å². The summed E-state index contributed by atoms with van der Waals surface area (Å²) in [5.74, 6) is 0.180. The van der Waals surface area contributed by atoms with Gasteiger partial charge in [-0.25, -0.2) is 0 Å². The van der Waals surface area contributed by atoms with Gasteiger partial charge in [0.05, 0.1) is 35.2 Å². The van der Waals surface area contributed by atoms with Gasteiger partial charge in [-0.2, -0.15) is 0 Å². The van der Waals surface area contributed by atoms with Crippen molar-refractivity contribution in [2.45, 2.75) is 56.4 Å². The van der Waals surface area contributed by atoms with Crippen molar-refractivity contribution < 1.29 is 23.6 Å². The fraction of sp³-hybridized carbons (Fsp3) is 0.344. The van der Waals surface area contributed by atoms with Crippen molar-refractivity contribution in [1.29, 1.82) is 0 Å². The standard InChI is InChI=1S/C32H31N3O6/c1-34-26-12-11-23(17-30(36)33-21-14-19-6-2-3-7-20(19)15-21)40-29(26)18-39-27-13-10-22(16-25(27)31(34)37)35-32(38)24-8-4-5-9-28(24)41-35/h2-10,13,16,21,23,26,29H,11-12,14-15,17-18H2,1H3,(H,33,36)/t23-,26-,29-/m0/s1. The van der Waals surface area contributed by atoms with Crippen LogP contribution in [0.2, 0.25) is 0 Å². The molecule has 3 aliphatic rings. The minimum Gasteiger partial charge on any atom is -0.490 e. The van der Waals surface area contributed by atoms with Crippen LogP contribution in [0, 0.1) is 0 Å². The zero-order chi connectivity index (χ0) is 28.1. The van der Waals surface area contributed by atoms with E-state index in [9.17, 15) is 14.4 Å². The molecule has 210 valence electrons. The second kappa shape index (κ2) is 10.2. The molecule has 41 heavy (non-hydrogen) atoms. The van der Waals surface area contributed by atoms with Gasteiger partial charge in [-0.3, -0.25) is 14.4 Å². The van der Waals surface area contributed by atoms with E-state index in [1.165, 1.54) is 15.9 Å². The lowest BCUT2D eigenvalue weighted by molar-refractivity contribution is -0.134. The summed E-state index contributed by atoms with van der Waals surface area (Å²) in [6.45, 7) is 0.245. The fourth-order valence-electron chi connectivity index (χ4n) is 6.44. The zero-order valence-corrected chi connectivity index (χ0v) is 22.7. The van der Waals surface area contributed by atoms with Crippen LogP contribution in [0.1, 0.15) is 40.7 Å². The highest BCUT2D eigenvalue weighted by Gasteiger charge is 2.39. The minimum atomic E-state index is -0.364. The highest BCUT2D eigenvalue weighted by molar-refractivity contribution is 5.97. The van der Waals surface area contributed by atoms with E-state index in [0.29, 0.717) is 40.8 Å². The molecule has 0 unspecified atom stereocenters. The van der Waals surface area contributed by atoms with Gasteiger partial charge in [0.15, 0.2) is 5.58 Å². The Bertz CT molecular complexity index is 1680. The largest absolute Gasteiger partial charge is 0.490 e. The van der Waals surface area contributed by atoms with Gasteiger partial charge in [0.2, 0.25) is 5.91 Å². The van der Waals surface area contributed by atoms with Crippen LogP contribution in [0.5, 0.6) is 5.75 Å². The highest BCUT2D eigenvalue weighted by Crippen LogP contribution is 2.32. The number of para-hydroxylation sites is 1. The number of fused-ring (bicyclic) bond motifs is 4. The van der Waals surface area contributed by atoms with E-state index >= 15 is 0 Å². The van der Waals surface area contributed by atoms with Crippen molar-refractivity contribution in [1.82, 2.24) is 15.0 Å². The molecule has 3 atom stereocenters. The number of rotatable bonds is 4. The van der Waals surface area contributed by atoms with Crippen molar-refractivity contribution in [3.05, 3.63) is 93.8 Å². The monoisotopic (exact) mass is 553 g/mol. The van der Waals surface area contributed by atoms with Gasteiger partial charge in [0.25, 0.3) is 11.5 Å². The number of hydrogen-bond donors (Lipinski definition) is 1. The molecule has 0 radical (unpaired) electrons. The van der Waals surface area contributed by atoms with Crippen molar-refractivity contribution in [3.63, 3.8) is 0 Å². The molecule has 7 rings (SSSR count). The maximum atomic E-state index is 13.6. The third-order valence-electron chi connectivity index (χ3n) is 8.55. The molecule has 0 saturated carbocycles. The maximum absolute atomic E-state index is 13.6. The van der Waals surface area contributed by atoms with Gasteiger partial charge in [-0.05, 0) is 67.1 Å². The Balaban J connectivity index is 1.04. The van der Waals surface area contributed by atoms with E-state index < -0.39 is 0 Å². The molecule has 1 saturated heterocycles. The number of benzene rings is 3. The van der Waals surface area contributed by atoms with E-state index in [4.69, 9.17) is 14.0 Å². The number of nitrogens with zero attached hydrogens (tertiary/aromatic N) is 2. The second-order valence-electron chi connectivity index (χ2n) is 11.2. The molecular formula is C32H31N3O6. The lowest BCUT2D eigenvalue weighted by Gasteiger charge is -2.42. The average Bonchev–Trinajstić information content (AvgIpc) is 3.55. The molecule has 4 aromatic rings. The fourth-order valence-corrected chi connectivity index (χ4v) is 6.44. The van der Waals surface area contributed by atoms with Crippen molar-refractivity contribution in [2.75, 3.05) is 13.7 Å². The first-order valence-corrected chi connectivity index (χ1v) is 14.1. The quantitative estimate of drug-likeness (QED) is 0.414. The molecule has 0 bridgehead atoms. The Morgan fingerprint density at radius 3 is 2.51 bits per heavy atom. The normalized spacial score (nSPS) is 22.3. The molecule has 2 amide bonds. The van der Waals surface area contributed by atoms with Gasteiger partial charge in [0.1, 0.15) is 18.5 Å². The molecule has 3 heterocycles. The number of carbonyl (C=O) groups is 2. The summed E-state index contributed by atoms with van der Waals surface area (Å²) in [5, 5.41) is 3.65. The van der Waals surface area contributed by atoms with E-state index in [2.05, 4.69) is 17.4 Å². The van der Waals surface area contributed by atoms with Crippen LogP contribution >= 0.6 is 0 Å². The number of nitrogens with one attached hydrogen (secondary N) is 1. The minimum absolute atomic E-state index is 0.0128. The Hall–Kier alpha value is -4.37. The third kappa shape index (κ3) is 4.70. The molecular weight excluding hydrogens is 522 g/mol. The Morgan fingerprint density at radius 1 is 0.976 bits per heavy atom. The lowest BCUT2D eigenvalue weighted by Crippen LogP contribution is -2.54. The summed E-state index contributed by atoms with van der Waals surface area (Å²) in [6.07, 6.45) is 2.74. The number of amides is 2. The number of carbonyl (C=O) groups excluding carboxylic acids is 2. The summed E-state index contributed by atoms with van der Waals surface area (Å²) in [5.41, 5.74) is 3.58. The second-order valence-corrected chi connectivity index (χ2v) is 11.2. The molecule has 0 spiro atoms. The van der Waals surface area contributed by atoms with Crippen LogP contribution in [0.3, 0.4) is 0 Å². The molecule has 2 aliphatic heterocycles. The average molecular weight is 554 g/mol. The van der Waals surface area contributed by atoms with Crippen LogP contribution < -0.4 is 15.6 Å². The molecule has 9 nitrogen and oxygen atoms in total. The smallest absolute Gasteiger partial charge is 0.295 e. The van der Waals surface area contributed by atoms with Crippen LogP contribution in [0.15, 0.2) is 76.0 Å². The lowest BCUT2D eigenvalue weighted by atomic mass is 9.94. The van der Waals surface area contributed by atoms with Gasteiger partial charge in [-0.15, -0.1) is 4.74 Å². The predicted molar refractivity (Wildman–Crippen MR) is 151 cm³/mol. The number of hydrogen-bond acceptors (Lipinski definition) is 6. The Labute approximate surface area is 236 Å². The highest BCUT2D eigenvalue weighted by atomic mass is 16.5.